The Kier molecular flexibility index (Phi) is 8.43. The van der Waals surface area contributed by atoms with E-state index in [0.29, 0.717) is 0 Å². The van der Waals surface area contributed by atoms with Gasteiger partial charge in [-0.25, -0.2) is 21.6 Å². The number of esters is 2. The maximum Gasteiger partial charge on any atom is 0.498 e. The molecule has 0 aromatic carbocycles. The molecule has 8 nitrogen and oxygen atoms in total. The van der Waals surface area contributed by atoms with Crippen molar-refractivity contribution in [2.75, 3.05) is 0 Å². The van der Waals surface area contributed by atoms with Crippen LogP contribution in [0.15, 0.2) is 12.2 Å². The highest BCUT2D eigenvalue weighted by atomic mass is 32.3. The lowest BCUT2D eigenvalue weighted by atomic mass is 10.1. The van der Waals surface area contributed by atoms with E-state index in [4.69, 9.17) is 9.47 Å². The largest absolute Gasteiger partial charge is 0.498 e. The van der Waals surface area contributed by atoms with Crippen LogP contribution in [-0.2, 0) is 38.7 Å². The summed E-state index contributed by atoms with van der Waals surface area (Å²) < 4.78 is 129. The molecule has 1 saturated carbocycles. The average Bonchev–Trinajstić information content (AvgIpc) is 3.05. The molecule has 186 valence electrons. The number of ether oxygens (including phenoxy) is 2. The molecule has 32 heavy (non-hydrogen) atoms. The zero-order valence-corrected chi connectivity index (χ0v) is 18.3. The van der Waals surface area contributed by atoms with Crippen molar-refractivity contribution in [1.82, 2.24) is 0 Å². The summed E-state index contributed by atoms with van der Waals surface area (Å²) in [5.41, 5.74) is -12.5. The number of rotatable bonds is 8. The van der Waals surface area contributed by atoms with E-state index in [1.54, 1.807) is 0 Å². The monoisotopic (exact) mass is 518 g/mol. The number of hydrogen-bond acceptors (Lipinski definition) is 8. The highest BCUT2D eigenvalue weighted by Crippen LogP contribution is 2.38. The van der Waals surface area contributed by atoms with Gasteiger partial charge in [0.05, 0.1) is 5.92 Å². The summed E-state index contributed by atoms with van der Waals surface area (Å²) in [7, 11) is -13.6. The Hall–Kier alpha value is -1.84. The molecule has 0 aromatic heterocycles. The van der Waals surface area contributed by atoms with Crippen LogP contribution in [0, 0.1) is 5.92 Å². The fraction of sp³-hybridized carbons (Fsp3) is 0.750. The summed E-state index contributed by atoms with van der Waals surface area (Å²) in [4.78, 5) is 23.7. The van der Waals surface area contributed by atoms with Gasteiger partial charge in [-0.15, -0.1) is 0 Å². The van der Waals surface area contributed by atoms with Crippen LogP contribution in [0.25, 0.3) is 0 Å². The molecule has 0 amide bonds. The summed E-state index contributed by atoms with van der Waals surface area (Å²) in [5, 5.41) is 0. The Morgan fingerprint density at radius 2 is 1.47 bits per heavy atom. The topological polar surface area (TPSA) is 121 Å². The van der Waals surface area contributed by atoms with Crippen molar-refractivity contribution >= 4 is 31.6 Å². The third-order valence-corrected chi connectivity index (χ3v) is 9.10. The van der Waals surface area contributed by atoms with Gasteiger partial charge in [-0.1, -0.05) is 6.58 Å². The van der Waals surface area contributed by atoms with Gasteiger partial charge < -0.3 is 9.47 Å². The zero-order valence-electron chi connectivity index (χ0n) is 16.7. The van der Waals surface area contributed by atoms with Crippen molar-refractivity contribution in [3.05, 3.63) is 12.2 Å². The van der Waals surface area contributed by atoms with Crippen molar-refractivity contribution in [3.8, 4) is 0 Å². The molecule has 3 unspecified atom stereocenters. The van der Waals surface area contributed by atoms with Gasteiger partial charge in [-0.3, -0.25) is 4.79 Å². The molecule has 16 heteroatoms. The van der Waals surface area contributed by atoms with E-state index >= 15 is 0 Å². The van der Waals surface area contributed by atoms with Crippen molar-refractivity contribution in [2.24, 2.45) is 5.92 Å². The quantitative estimate of drug-likeness (QED) is 0.273. The average molecular weight is 518 g/mol. The molecule has 0 bridgehead atoms. The molecular weight excluding hydrogens is 498 g/mol. The van der Waals surface area contributed by atoms with Crippen LogP contribution in [0.5, 0.6) is 0 Å². The predicted octanol–water partition coefficient (Wildman–Crippen LogP) is 2.79. The normalized spacial score (nSPS) is 21.3. The minimum atomic E-state index is -6.82. The Bertz CT molecular complexity index is 908. The standard InChI is InChI=1S/C16H20F6O8S2/c1-8(2)13(23)30-11-5-4-10(7-11)14(24)29-9(3)6-12(31(25,26)15(17,18)19)32(27,28)16(20,21)22/h9-12H,1,4-7H2,2-3H3. The first kappa shape index (κ1) is 28.2. The van der Waals surface area contributed by atoms with E-state index in [1.165, 1.54) is 6.92 Å². The third kappa shape index (κ3) is 6.36. The van der Waals surface area contributed by atoms with Crippen molar-refractivity contribution in [2.45, 2.75) is 67.3 Å². The second kappa shape index (κ2) is 9.57. The van der Waals surface area contributed by atoms with E-state index in [9.17, 15) is 52.8 Å². The first-order valence-corrected chi connectivity index (χ1v) is 12.0. The molecule has 0 aliphatic heterocycles. The number of carbonyl (C=O) groups is 2. The molecule has 1 fully saturated rings. The van der Waals surface area contributed by atoms with Gasteiger partial charge in [0.25, 0.3) is 19.7 Å². The Morgan fingerprint density at radius 3 is 1.88 bits per heavy atom. The van der Waals surface area contributed by atoms with Crippen molar-refractivity contribution < 1.29 is 62.2 Å². The summed E-state index contributed by atoms with van der Waals surface area (Å²) in [5.74, 6) is -2.79. The van der Waals surface area contributed by atoms with Crippen LogP contribution in [0.3, 0.4) is 0 Å². The Balaban J connectivity index is 2.97. The summed E-state index contributed by atoms with van der Waals surface area (Å²) >= 11 is 0. The lowest BCUT2D eigenvalue weighted by molar-refractivity contribution is -0.154. The van der Waals surface area contributed by atoms with Gasteiger partial charge >= 0.3 is 23.0 Å². The van der Waals surface area contributed by atoms with Gasteiger partial charge in [0.2, 0.25) is 0 Å². The van der Waals surface area contributed by atoms with Crippen molar-refractivity contribution in [1.29, 1.82) is 0 Å². The van der Waals surface area contributed by atoms with Crippen LogP contribution in [0.2, 0.25) is 0 Å². The lowest BCUT2D eigenvalue weighted by Crippen LogP contribution is -2.46. The fourth-order valence-electron chi connectivity index (χ4n) is 2.85. The first-order valence-electron chi connectivity index (χ1n) is 8.89. The molecule has 1 aliphatic rings. The molecule has 0 heterocycles. The molecule has 0 radical (unpaired) electrons. The molecule has 0 spiro atoms. The van der Waals surface area contributed by atoms with Gasteiger partial charge in [0, 0.05) is 12.0 Å². The molecule has 0 N–H and O–H groups in total. The second-order valence-corrected chi connectivity index (χ2v) is 11.8. The highest BCUT2D eigenvalue weighted by Gasteiger charge is 2.63. The van der Waals surface area contributed by atoms with E-state index in [-0.39, 0.29) is 24.8 Å². The predicted molar refractivity (Wildman–Crippen MR) is 95.9 cm³/mol. The van der Waals surface area contributed by atoms with E-state index in [1.807, 2.05) is 0 Å². The fourth-order valence-corrected chi connectivity index (χ4v) is 6.48. The molecular formula is C16H20F6O8S2. The maximum absolute atomic E-state index is 12.8. The number of hydrogen-bond donors (Lipinski definition) is 0. The molecule has 0 aromatic rings. The molecule has 3 atom stereocenters. The van der Waals surface area contributed by atoms with E-state index in [2.05, 4.69) is 6.58 Å². The van der Waals surface area contributed by atoms with E-state index in [0.717, 1.165) is 6.92 Å². The maximum atomic E-state index is 12.8. The zero-order chi connectivity index (χ0) is 25.3. The SMILES string of the molecule is C=C(C)C(=O)OC1CCC(C(=O)OC(C)CC(S(=O)(=O)C(F)(F)F)S(=O)(=O)C(F)(F)F)C1. The minimum Gasteiger partial charge on any atom is -0.462 e. The Morgan fingerprint density at radius 1 is 1.00 bits per heavy atom. The van der Waals surface area contributed by atoms with Crippen molar-refractivity contribution in [3.63, 3.8) is 0 Å². The van der Waals surface area contributed by atoms with Crippen LogP contribution >= 0.6 is 0 Å². The number of sulfone groups is 2. The van der Waals surface area contributed by atoms with Crippen LogP contribution < -0.4 is 0 Å². The number of alkyl halides is 6. The van der Waals surface area contributed by atoms with Gasteiger partial charge in [-0.2, -0.15) is 26.3 Å². The Labute approximate surface area is 179 Å². The number of halogens is 6. The minimum absolute atomic E-state index is 0.0598. The summed E-state index contributed by atoms with van der Waals surface area (Å²) in [6, 6.07) is 0. The summed E-state index contributed by atoms with van der Waals surface area (Å²) in [6.45, 7) is 5.51. The summed E-state index contributed by atoms with van der Waals surface area (Å²) in [6.07, 6.45) is -4.19. The molecule has 1 aliphatic carbocycles. The lowest BCUT2D eigenvalue weighted by Gasteiger charge is -2.24. The van der Waals surface area contributed by atoms with E-state index < -0.39 is 71.8 Å². The van der Waals surface area contributed by atoms with Gasteiger partial charge in [0.1, 0.15) is 12.2 Å². The molecule has 1 rings (SSSR count). The smallest absolute Gasteiger partial charge is 0.462 e. The first-order chi connectivity index (χ1) is 14.2. The van der Waals surface area contributed by atoms with Crippen LogP contribution in [0.4, 0.5) is 26.3 Å². The van der Waals surface area contributed by atoms with Crippen LogP contribution in [-0.4, -0.2) is 56.6 Å². The highest BCUT2D eigenvalue weighted by molar-refractivity contribution is 8.09. The van der Waals surface area contributed by atoms with Crippen LogP contribution in [0.1, 0.15) is 39.5 Å². The third-order valence-electron chi connectivity index (χ3n) is 4.52. The second-order valence-electron chi connectivity index (χ2n) is 7.21. The molecule has 0 saturated heterocycles. The van der Waals surface area contributed by atoms with Gasteiger partial charge in [-0.05, 0) is 33.1 Å². The number of carbonyl (C=O) groups excluding carboxylic acids is 2. The van der Waals surface area contributed by atoms with Gasteiger partial charge in [0.15, 0.2) is 4.58 Å².